The maximum Gasteiger partial charge on any atom is 0.175 e. The maximum absolute atomic E-state index is 13.1. The first kappa shape index (κ1) is 20.2. The molecule has 5 rings (SSSR count). The molecule has 3 heterocycles. The number of hydrogen-bond donors (Lipinski definition) is 1. The molecule has 1 saturated heterocycles. The van der Waals surface area contributed by atoms with Gasteiger partial charge in [-0.15, -0.1) is 0 Å². The van der Waals surface area contributed by atoms with Crippen LogP contribution >= 0.6 is 11.8 Å². The fourth-order valence-corrected chi connectivity index (χ4v) is 4.99. The summed E-state index contributed by atoms with van der Waals surface area (Å²) in [6.45, 7) is 5.91. The number of carbonyl (C=O) groups excluding carboxylic acids is 1. The SMILES string of the molecule is Cc1[nH]c2ccccc2c1C(=O)CSc1nc(CN2CCOCC2)nc2ccccc12. The maximum atomic E-state index is 13.1. The predicted octanol–water partition coefficient (Wildman–Crippen LogP) is 4.23. The Kier molecular flexibility index (Phi) is 5.72. The molecule has 158 valence electrons. The van der Waals surface area contributed by atoms with Crippen molar-refractivity contribution in [2.24, 2.45) is 0 Å². The molecule has 1 fully saturated rings. The Hall–Kier alpha value is -2.74. The third-order valence-electron chi connectivity index (χ3n) is 5.60. The molecule has 0 atom stereocenters. The first-order chi connectivity index (χ1) is 15.2. The van der Waals surface area contributed by atoms with Gasteiger partial charge in [0, 0.05) is 40.6 Å². The zero-order valence-corrected chi connectivity index (χ0v) is 18.2. The Morgan fingerprint density at radius 3 is 2.65 bits per heavy atom. The number of aromatic amines is 1. The van der Waals surface area contributed by atoms with Crippen LogP contribution in [-0.4, -0.2) is 57.7 Å². The van der Waals surface area contributed by atoms with Crippen LogP contribution in [0.15, 0.2) is 53.6 Å². The van der Waals surface area contributed by atoms with Crippen LogP contribution in [0.1, 0.15) is 21.9 Å². The number of nitrogens with one attached hydrogen (secondary N) is 1. The number of H-pyrrole nitrogens is 1. The van der Waals surface area contributed by atoms with Gasteiger partial charge < -0.3 is 9.72 Å². The van der Waals surface area contributed by atoms with Gasteiger partial charge in [0.05, 0.1) is 31.0 Å². The van der Waals surface area contributed by atoms with Gasteiger partial charge in [0.1, 0.15) is 10.9 Å². The lowest BCUT2D eigenvalue weighted by molar-refractivity contribution is 0.0330. The number of thioether (sulfide) groups is 1. The van der Waals surface area contributed by atoms with Crippen molar-refractivity contribution >= 4 is 39.4 Å². The molecule has 0 spiro atoms. The number of para-hydroxylation sites is 2. The summed E-state index contributed by atoms with van der Waals surface area (Å²) in [5.41, 5.74) is 3.59. The summed E-state index contributed by atoms with van der Waals surface area (Å²) < 4.78 is 5.45. The van der Waals surface area contributed by atoms with Crippen LogP contribution in [0.3, 0.4) is 0 Å². The molecule has 1 aliphatic rings. The number of carbonyl (C=O) groups is 1. The van der Waals surface area contributed by atoms with Gasteiger partial charge in [0.15, 0.2) is 5.78 Å². The van der Waals surface area contributed by atoms with Gasteiger partial charge in [-0.25, -0.2) is 9.97 Å². The highest BCUT2D eigenvalue weighted by atomic mass is 32.2. The van der Waals surface area contributed by atoms with E-state index in [2.05, 4.69) is 9.88 Å². The van der Waals surface area contributed by atoms with Crippen molar-refractivity contribution in [3.63, 3.8) is 0 Å². The number of aryl methyl sites for hydroxylation is 1. The quantitative estimate of drug-likeness (QED) is 0.279. The zero-order chi connectivity index (χ0) is 21.2. The third kappa shape index (κ3) is 4.21. The molecule has 1 N–H and O–H groups in total. The summed E-state index contributed by atoms with van der Waals surface area (Å²) in [5, 5.41) is 2.83. The minimum atomic E-state index is 0.109. The van der Waals surface area contributed by atoms with Crippen molar-refractivity contribution in [1.29, 1.82) is 0 Å². The summed E-state index contributed by atoms with van der Waals surface area (Å²) in [6, 6.07) is 16.0. The first-order valence-electron chi connectivity index (χ1n) is 10.5. The molecule has 31 heavy (non-hydrogen) atoms. The Labute approximate surface area is 185 Å². The summed E-state index contributed by atoms with van der Waals surface area (Å²) in [7, 11) is 0. The number of morpholine rings is 1. The van der Waals surface area contributed by atoms with Gasteiger partial charge in [-0.2, -0.15) is 0 Å². The van der Waals surface area contributed by atoms with Crippen molar-refractivity contribution in [2.75, 3.05) is 32.1 Å². The van der Waals surface area contributed by atoms with E-state index in [4.69, 9.17) is 14.7 Å². The molecule has 4 aromatic rings. The van der Waals surface area contributed by atoms with Crippen LogP contribution in [0, 0.1) is 6.92 Å². The summed E-state index contributed by atoms with van der Waals surface area (Å²) >= 11 is 1.49. The monoisotopic (exact) mass is 432 g/mol. The highest BCUT2D eigenvalue weighted by molar-refractivity contribution is 8.00. The average molecular weight is 433 g/mol. The van der Waals surface area contributed by atoms with Crippen LogP contribution in [0.2, 0.25) is 0 Å². The van der Waals surface area contributed by atoms with E-state index in [0.717, 1.165) is 70.2 Å². The molecule has 2 aromatic carbocycles. The second-order valence-electron chi connectivity index (χ2n) is 7.73. The lowest BCUT2D eigenvalue weighted by Gasteiger charge is -2.25. The van der Waals surface area contributed by atoms with E-state index in [1.54, 1.807) is 0 Å². The molecule has 0 bridgehead atoms. The number of fused-ring (bicyclic) bond motifs is 2. The van der Waals surface area contributed by atoms with E-state index in [-0.39, 0.29) is 5.78 Å². The van der Waals surface area contributed by atoms with Crippen molar-refractivity contribution in [2.45, 2.75) is 18.5 Å². The van der Waals surface area contributed by atoms with Gasteiger partial charge in [-0.05, 0) is 19.1 Å². The number of benzene rings is 2. The number of ketones is 1. The smallest absolute Gasteiger partial charge is 0.175 e. The highest BCUT2D eigenvalue weighted by Gasteiger charge is 2.18. The molecule has 2 aromatic heterocycles. The van der Waals surface area contributed by atoms with Crippen molar-refractivity contribution in [1.82, 2.24) is 19.9 Å². The van der Waals surface area contributed by atoms with E-state index in [1.807, 2.05) is 55.5 Å². The fraction of sp³-hybridized carbons (Fsp3) is 0.292. The lowest BCUT2D eigenvalue weighted by Crippen LogP contribution is -2.36. The number of aromatic nitrogens is 3. The number of nitrogens with zero attached hydrogens (tertiary/aromatic N) is 3. The van der Waals surface area contributed by atoms with Crippen molar-refractivity contribution in [3.8, 4) is 0 Å². The minimum absolute atomic E-state index is 0.109. The Morgan fingerprint density at radius 2 is 1.81 bits per heavy atom. The molecule has 0 saturated carbocycles. The number of Topliss-reactive ketones (excluding diaryl/α,β-unsaturated/α-hetero) is 1. The molecule has 6 nitrogen and oxygen atoms in total. The van der Waals surface area contributed by atoms with Gasteiger partial charge in [0.2, 0.25) is 0 Å². The van der Waals surface area contributed by atoms with Crippen molar-refractivity contribution in [3.05, 3.63) is 65.6 Å². The topological polar surface area (TPSA) is 71.1 Å². The Morgan fingerprint density at radius 1 is 1.06 bits per heavy atom. The third-order valence-corrected chi connectivity index (χ3v) is 6.59. The van der Waals surface area contributed by atoms with Crippen LogP contribution in [0.4, 0.5) is 0 Å². The van der Waals surface area contributed by atoms with Gasteiger partial charge in [-0.3, -0.25) is 9.69 Å². The van der Waals surface area contributed by atoms with Crippen LogP contribution < -0.4 is 0 Å². The standard InChI is InChI=1S/C24H24N4O2S/c1-16-23(17-6-2-4-8-19(17)25-16)21(29)15-31-24-18-7-3-5-9-20(18)26-22(27-24)14-28-10-12-30-13-11-28/h2-9,25H,10-15H2,1H3. The molecule has 7 heteroatoms. The molecular formula is C24H24N4O2S. The summed E-state index contributed by atoms with van der Waals surface area (Å²) in [5.74, 6) is 1.23. The fourth-order valence-electron chi connectivity index (χ4n) is 4.08. The number of hydrogen-bond acceptors (Lipinski definition) is 6. The van der Waals surface area contributed by atoms with E-state index < -0.39 is 0 Å². The summed E-state index contributed by atoms with van der Waals surface area (Å²) in [6.07, 6.45) is 0. The van der Waals surface area contributed by atoms with E-state index >= 15 is 0 Å². The van der Waals surface area contributed by atoms with Crippen LogP contribution in [0.5, 0.6) is 0 Å². The Bertz CT molecular complexity index is 1250. The second kappa shape index (κ2) is 8.78. The average Bonchev–Trinajstić information content (AvgIpc) is 3.13. The molecular weight excluding hydrogens is 408 g/mol. The molecule has 1 aliphatic heterocycles. The molecule has 0 aliphatic carbocycles. The van der Waals surface area contributed by atoms with E-state index in [9.17, 15) is 4.79 Å². The predicted molar refractivity (Wildman–Crippen MR) is 124 cm³/mol. The second-order valence-corrected chi connectivity index (χ2v) is 8.70. The highest BCUT2D eigenvalue weighted by Crippen LogP contribution is 2.29. The van der Waals surface area contributed by atoms with E-state index in [0.29, 0.717) is 12.3 Å². The first-order valence-corrected chi connectivity index (χ1v) is 11.5. The normalized spacial score (nSPS) is 15.0. The minimum Gasteiger partial charge on any atom is -0.379 e. The number of rotatable bonds is 6. The summed E-state index contributed by atoms with van der Waals surface area (Å²) in [4.78, 5) is 28.4. The molecule has 0 unspecified atom stereocenters. The largest absolute Gasteiger partial charge is 0.379 e. The van der Waals surface area contributed by atoms with Gasteiger partial charge in [-0.1, -0.05) is 48.2 Å². The Balaban J connectivity index is 1.41. The van der Waals surface area contributed by atoms with E-state index in [1.165, 1.54) is 11.8 Å². The molecule has 0 radical (unpaired) electrons. The van der Waals surface area contributed by atoms with Crippen LogP contribution in [-0.2, 0) is 11.3 Å². The van der Waals surface area contributed by atoms with Gasteiger partial charge >= 0.3 is 0 Å². The lowest BCUT2D eigenvalue weighted by atomic mass is 10.1. The van der Waals surface area contributed by atoms with Crippen LogP contribution in [0.25, 0.3) is 21.8 Å². The van der Waals surface area contributed by atoms with Gasteiger partial charge in [0.25, 0.3) is 0 Å². The zero-order valence-electron chi connectivity index (χ0n) is 17.4. The van der Waals surface area contributed by atoms with Crippen molar-refractivity contribution < 1.29 is 9.53 Å². The molecule has 0 amide bonds. The number of ether oxygens (including phenoxy) is 1.